The Kier molecular flexibility index (Phi) is 2.31. The van der Waals surface area contributed by atoms with Crippen LogP contribution in [0.3, 0.4) is 0 Å². The zero-order chi connectivity index (χ0) is 10.8. The Morgan fingerprint density at radius 2 is 1.80 bits per heavy atom. The molecule has 0 aliphatic heterocycles. The maximum Gasteiger partial charge on any atom is 0.326 e. The standard InChI is InChI=1S/C10H10N2O3/c13-8(6-4-2-1-3-5-6)7-9(14)12-10(15)11-7/h1-5,8,13-14H,(H2,11,12,15). The minimum Gasteiger partial charge on any atom is -0.493 e. The fraction of sp³-hybridized carbons (Fsp3) is 0.100. The van der Waals surface area contributed by atoms with Crippen molar-refractivity contribution in [2.45, 2.75) is 6.10 Å². The van der Waals surface area contributed by atoms with Crippen LogP contribution >= 0.6 is 0 Å². The average molecular weight is 206 g/mol. The molecule has 1 unspecified atom stereocenters. The highest BCUT2D eigenvalue weighted by Crippen LogP contribution is 2.24. The summed E-state index contributed by atoms with van der Waals surface area (Å²) in [6.07, 6.45) is -1.04. The van der Waals surface area contributed by atoms with Crippen molar-refractivity contribution in [3.63, 3.8) is 0 Å². The fourth-order valence-electron chi connectivity index (χ4n) is 1.39. The number of aromatic hydroxyl groups is 1. The van der Waals surface area contributed by atoms with E-state index in [-0.39, 0.29) is 11.6 Å². The van der Waals surface area contributed by atoms with Gasteiger partial charge in [0.1, 0.15) is 11.8 Å². The van der Waals surface area contributed by atoms with Gasteiger partial charge >= 0.3 is 5.69 Å². The van der Waals surface area contributed by atoms with E-state index in [1.54, 1.807) is 24.3 Å². The first kappa shape index (κ1) is 9.54. The van der Waals surface area contributed by atoms with Crippen LogP contribution in [0.4, 0.5) is 0 Å². The minimum absolute atomic E-state index is 0.0752. The Labute approximate surface area is 85.0 Å². The third kappa shape index (κ3) is 1.77. The van der Waals surface area contributed by atoms with Crippen molar-refractivity contribution in [1.29, 1.82) is 0 Å². The number of aromatic amines is 2. The summed E-state index contributed by atoms with van der Waals surface area (Å²) in [7, 11) is 0. The van der Waals surface area contributed by atoms with Crippen molar-refractivity contribution in [3.05, 3.63) is 52.1 Å². The number of hydrogen-bond acceptors (Lipinski definition) is 3. The zero-order valence-electron chi connectivity index (χ0n) is 7.77. The van der Waals surface area contributed by atoms with Crippen molar-refractivity contribution < 1.29 is 10.2 Å². The number of H-pyrrole nitrogens is 2. The van der Waals surface area contributed by atoms with Gasteiger partial charge in [-0.1, -0.05) is 30.3 Å². The zero-order valence-corrected chi connectivity index (χ0v) is 7.77. The Hall–Kier alpha value is -2.01. The molecule has 4 N–H and O–H groups in total. The van der Waals surface area contributed by atoms with Gasteiger partial charge < -0.3 is 15.2 Å². The molecule has 15 heavy (non-hydrogen) atoms. The summed E-state index contributed by atoms with van der Waals surface area (Å²) >= 11 is 0. The lowest BCUT2D eigenvalue weighted by molar-refractivity contribution is 0.210. The highest BCUT2D eigenvalue weighted by atomic mass is 16.3. The summed E-state index contributed by atoms with van der Waals surface area (Å²) in [6.45, 7) is 0. The van der Waals surface area contributed by atoms with E-state index in [1.807, 2.05) is 6.07 Å². The van der Waals surface area contributed by atoms with Crippen LogP contribution < -0.4 is 5.69 Å². The molecule has 2 rings (SSSR count). The Bertz CT molecular complexity index is 501. The lowest BCUT2D eigenvalue weighted by Gasteiger charge is -2.08. The third-order valence-electron chi connectivity index (χ3n) is 2.12. The topological polar surface area (TPSA) is 89.1 Å². The molecule has 0 amide bonds. The molecule has 5 heteroatoms. The van der Waals surface area contributed by atoms with Crippen molar-refractivity contribution in [2.24, 2.45) is 0 Å². The van der Waals surface area contributed by atoms with Gasteiger partial charge in [-0.05, 0) is 5.56 Å². The predicted molar refractivity (Wildman–Crippen MR) is 53.6 cm³/mol. The Balaban J connectivity index is 2.41. The number of hydrogen-bond donors (Lipinski definition) is 4. The van der Waals surface area contributed by atoms with Gasteiger partial charge in [-0.3, -0.25) is 4.98 Å². The van der Waals surface area contributed by atoms with Crippen LogP contribution in [-0.2, 0) is 0 Å². The summed E-state index contributed by atoms with van der Waals surface area (Å²) in [5.41, 5.74) is 0.131. The van der Waals surface area contributed by atoms with Gasteiger partial charge in [-0.25, -0.2) is 4.79 Å². The number of aliphatic hydroxyl groups excluding tert-OH is 1. The van der Waals surface area contributed by atoms with E-state index in [9.17, 15) is 15.0 Å². The van der Waals surface area contributed by atoms with E-state index in [1.165, 1.54) is 0 Å². The van der Waals surface area contributed by atoms with Gasteiger partial charge in [-0.2, -0.15) is 0 Å². The predicted octanol–water partition coefficient (Wildman–Crippen LogP) is 0.490. The van der Waals surface area contributed by atoms with Crippen LogP contribution in [0, 0.1) is 0 Å². The molecule has 5 nitrogen and oxygen atoms in total. The lowest BCUT2D eigenvalue weighted by atomic mass is 10.1. The van der Waals surface area contributed by atoms with Crippen LogP contribution in [0.15, 0.2) is 35.1 Å². The molecule has 1 heterocycles. The van der Waals surface area contributed by atoms with E-state index in [2.05, 4.69) is 9.97 Å². The Morgan fingerprint density at radius 3 is 2.33 bits per heavy atom. The van der Waals surface area contributed by atoms with Gasteiger partial charge in [0.25, 0.3) is 0 Å². The SMILES string of the molecule is O=c1[nH]c(O)c(C(O)c2ccccc2)[nH]1. The summed E-state index contributed by atoms with van der Waals surface area (Å²) < 4.78 is 0. The molecule has 0 bridgehead atoms. The molecule has 1 aromatic carbocycles. The third-order valence-corrected chi connectivity index (χ3v) is 2.12. The van der Waals surface area contributed by atoms with Gasteiger partial charge in [0.15, 0.2) is 0 Å². The van der Waals surface area contributed by atoms with Crippen LogP contribution in [0.2, 0.25) is 0 Å². The molecular weight excluding hydrogens is 196 g/mol. The van der Waals surface area contributed by atoms with Gasteiger partial charge in [0.05, 0.1) is 0 Å². The largest absolute Gasteiger partial charge is 0.493 e. The second-order valence-electron chi connectivity index (χ2n) is 3.15. The molecule has 78 valence electrons. The summed E-state index contributed by atoms with van der Waals surface area (Å²) in [6, 6.07) is 8.75. The highest BCUT2D eigenvalue weighted by Gasteiger charge is 2.16. The average Bonchev–Trinajstić information content (AvgIpc) is 2.58. The number of imidazole rings is 1. The van der Waals surface area contributed by atoms with Gasteiger partial charge in [-0.15, -0.1) is 0 Å². The van der Waals surface area contributed by atoms with Crippen LogP contribution in [-0.4, -0.2) is 20.2 Å². The molecule has 0 saturated carbocycles. The van der Waals surface area contributed by atoms with Crippen LogP contribution in [0.1, 0.15) is 17.4 Å². The monoisotopic (exact) mass is 206 g/mol. The van der Waals surface area contributed by atoms with E-state index in [4.69, 9.17) is 0 Å². The van der Waals surface area contributed by atoms with E-state index >= 15 is 0 Å². The van der Waals surface area contributed by atoms with Gasteiger partial charge in [0.2, 0.25) is 5.88 Å². The Morgan fingerprint density at radius 1 is 1.13 bits per heavy atom. The van der Waals surface area contributed by atoms with Crippen LogP contribution in [0.5, 0.6) is 5.88 Å². The normalized spacial score (nSPS) is 12.6. The quantitative estimate of drug-likeness (QED) is 0.576. The number of aliphatic hydroxyl groups is 1. The first-order chi connectivity index (χ1) is 7.18. The smallest absolute Gasteiger partial charge is 0.326 e. The molecule has 0 aliphatic rings. The maximum atomic E-state index is 10.9. The molecule has 0 saturated heterocycles. The molecule has 0 spiro atoms. The van der Waals surface area contributed by atoms with E-state index < -0.39 is 11.8 Å². The van der Waals surface area contributed by atoms with Crippen molar-refractivity contribution in [2.75, 3.05) is 0 Å². The molecule has 1 atom stereocenters. The molecule has 0 radical (unpaired) electrons. The first-order valence-corrected chi connectivity index (χ1v) is 4.42. The molecule has 0 fully saturated rings. The second kappa shape index (κ2) is 3.62. The number of benzene rings is 1. The van der Waals surface area contributed by atoms with Gasteiger partial charge in [0, 0.05) is 0 Å². The fourth-order valence-corrected chi connectivity index (χ4v) is 1.39. The van der Waals surface area contributed by atoms with Crippen molar-refractivity contribution >= 4 is 0 Å². The van der Waals surface area contributed by atoms with E-state index in [0.717, 1.165) is 0 Å². The molecule has 2 aromatic rings. The van der Waals surface area contributed by atoms with Crippen molar-refractivity contribution in [3.8, 4) is 5.88 Å². The lowest BCUT2D eigenvalue weighted by Crippen LogP contribution is -2.04. The highest BCUT2D eigenvalue weighted by molar-refractivity contribution is 5.30. The minimum atomic E-state index is -1.04. The van der Waals surface area contributed by atoms with Crippen molar-refractivity contribution in [1.82, 2.24) is 9.97 Å². The maximum absolute atomic E-state index is 10.9. The summed E-state index contributed by atoms with van der Waals surface area (Å²) in [5, 5.41) is 19.2. The number of aromatic nitrogens is 2. The molecular formula is C10H10N2O3. The summed E-state index contributed by atoms with van der Waals surface area (Å²) in [4.78, 5) is 15.3. The number of rotatable bonds is 2. The molecule has 1 aromatic heterocycles. The molecule has 0 aliphatic carbocycles. The van der Waals surface area contributed by atoms with Crippen LogP contribution in [0.25, 0.3) is 0 Å². The summed E-state index contributed by atoms with van der Waals surface area (Å²) in [5.74, 6) is -0.337. The first-order valence-electron chi connectivity index (χ1n) is 4.42. The number of nitrogens with one attached hydrogen (secondary N) is 2. The second-order valence-corrected chi connectivity index (χ2v) is 3.15. The van der Waals surface area contributed by atoms with E-state index in [0.29, 0.717) is 5.56 Å².